The molecule has 1 fully saturated rings. The van der Waals surface area contributed by atoms with Crippen molar-refractivity contribution in [3.63, 3.8) is 0 Å². The van der Waals surface area contributed by atoms with Gasteiger partial charge in [-0.15, -0.1) is 0 Å². The van der Waals surface area contributed by atoms with Crippen LogP contribution in [0.5, 0.6) is 0 Å². The summed E-state index contributed by atoms with van der Waals surface area (Å²) in [7, 11) is 1.47. The van der Waals surface area contributed by atoms with Gasteiger partial charge in [-0.05, 0) is 42.2 Å². The van der Waals surface area contributed by atoms with Crippen LogP contribution in [0.3, 0.4) is 0 Å². The van der Waals surface area contributed by atoms with Crippen molar-refractivity contribution in [1.82, 2.24) is 9.88 Å². The van der Waals surface area contributed by atoms with Gasteiger partial charge in [-0.25, -0.2) is 8.78 Å². The van der Waals surface area contributed by atoms with Crippen LogP contribution in [-0.2, 0) is 22.5 Å². The summed E-state index contributed by atoms with van der Waals surface area (Å²) in [6.45, 7) is 1.57. The molecule has 3 aromatic rings. The van der Waals surface area contributed by atoms with Crippen LogP contribution >= 0.6 is 0 Å². The summed E-state index contributed by atoms with van der Waals surface area (Å²) >= 11 is 0. The highest BCUT2D eigenvalue weighted by Gasteiger charge is 2.29. The van der Waals surface area contributed by atoms with Crippen molar-refractivity contribution in [1.29, 1.82) is 0 Å². The number of aromatic nitrogens is 1. The number of hydrogen-bond donors (Lipinski definition) is 2. The van der Waals surface area contributed by atoms with Gasteiger partial charge in [0.2, 0.25) is 0 Å². The molecule has 7 nitrogen and oxygen atoms in total. The number of halogens is 2. The highest BCUT2D eigenvalue weighted by molar-refractivity contribution is 5.86. The van der Waals surface area contributed by atoms with Crippen molar-refractivity contribution in [2.24, 2.45) is 5.73 Å². The van der Waals surface area contributed by atoms with Crippen LogP contribution in [0.4, 0.5) is 20.5 Å². The summed E-state index contributed by atoms with van der Waals surface area (Å²) < 4.78 is 39.6. The second kappa shape index (κ2) is 9.09. The first-order valence-corrected chi connectivity index (χ1v) is 9.94. The van der Waals surface area contributed by atoms with Gasteiger partial charge in [0.1, 0.15) is 11.3 Å². The summed E-state index contributed by atoms with van der Waals surface area (Å²) in [5.74, 6) is -1.35. The number of carbonyl (C=O) groups excluding carboxylic acids is 1. The number of rotatable bonds is 8. The van der Waals surface area contributed by atoms with E-state index in [2.05, 4.69) is 16.7 Å². The number of ether oxygens (including phenoxy) is 1. The molecular formula is C22H23F2N4O3. The second-order valence-electron chi connectivity index (χ2n) is 7.34. The Bertz CT molecular complexity index is 1100. The number of benzene rings is 2. The predicted molar refractivity (Wildman–Crippen MR) is 112 cm³/mol. The lowest BCUT2D eigenvalue weighted by Gasteiger charge is -2.24. The van der Waals surface area contributed by atoms with Gasteiger partial charge < -0.3 is 20.2 Å². The Balaban J connectivity index is 1.57. The number of nitrogens with one attached hydrogen (secondary N) is 1. The highest BCUT2D eigenvalue weighted by Crippen LogP contribution is 2.28. The van der Waals surface area contributed by atoms with E-state index >= 15 is 4.39 Å². The summed E-state index contributed by atoms with van der Waals surface area (Å²) in [6.07, 6.45) is 2.10. The van der Waals surface area contributed by atoms with Crippen LogP contribution in [0.25, 0.3) is 11.1 Å². The van der Waals surface area contributed by atoms with Gasteiger partial charge >= 0.3 is 0 Å². The molecule has 0 saturated carbocycles. The number of carbonyl (C=O) groups is 1. The highest BCUT2D eigenvalue weighted by atomic mass is 19.1. The minimum Gasteiger partial charge on any atom is -0.420 e. The number of Topliss-reactive ketones (excluding diaryl/α,β-unsaturated/α-hetero) is 1. The fraction of sp³-hybridized carbons (Fsp3) is 0.318. The molecule has 0 aliphatic carbocycles. The monoisotopic (exact) mass is 429 g/mol. The van der Waals surface area contributed by atoms with Crippen molar-refractivity contribution in [3.05, 3.63) is 59.5 Å². The molecule has 1 radical (unpaired) electrons. The average Bonchev–Trinajstić information content (AvgIpc) is 3.41. The molecule has 0 bridgehead atoms. The topological polar surface area (TPSA) is 93.6 Å². The molecule has 0 unspecified atom stereocenters. The number of anilines is 2. The summed E-state index contributed by atoms with van der Waals surface area (Å²) in [5, 5.41) is 2.84. The third kappa shape index (κ3) is 4.43. The number of likely N-dealkylation sites (tertiary alicyclic amines) is 1. The van der Waals surface area contributed by atoms with Crippen LogP contribution in [0.1, 0.15) is 17.5 Å². The van der Waals surface area contributed by atoms with E-state index in [0.29, 0.717) is 17.8 Å². The maximum absolute atomic E-state index is 15.1. The molecule has 1 atom stereocenters. The molecule has 2 aromatic carbocycles. The third-order valence-electron chi connectivity index (χ3n) is 5.29. The zero-order valence-corrected chi connectivity index (χ0v) is 17.0. The van der Waals surface area contributed by atoms with Gasteiger partial charge in [-0.2, -0.15) is 4.98 Å². The Kier molecular flexibility index (Phi) is 6.26. The normalized spacial score (nSPS) is 15.5. The number of nitrogens with zero attached hydrogens (tertiary/aromatic N) is 2. The second-order valence-corrected chi connectivity index (χ2v) is 7.34. The minimum atomic E-state index is -0.719. The molecule has 0 amide bonds. The molecule has 1 aromatic heterocycles. The van der Waals surface area contributed by atoms with E-state index in [-0.39, 0.29) is 41.4 Å². The number of methoxy groups -OCH3 is 1. The Morgan fingerprint density at radius 2 is 2.13 bits per heavy atom. The van der Waals surface area contributed by atoms with Crippen molar-refractivity contribution >= 4 is 28.6 Å². The van der Waals surface area contributed by atoms with E-state index < -0.39 is 17.9 Å². The Morgan fingerprint density at radius 3 is 2.84 bits per heavy atom. The predicted octanol–water partition coefficient (Wildman–Crippen LogP) is 3.30. The van der Waals surface area contributed by atoms with Crippen LogP contribution in [0.15, 0.2) is 34.7 Å². The standard InChI is InChI=1S/C22H23F2N4O3/c1-30-21(28-8-2-3-9-28)18(29)10-13-5-7-16-20(19(13)24)31-22(26-16)27-17-11-15(23)6-4-14(17)12-25/h2,4-7,11,21H,3,8-10,12,25H2,1H3,(H,26,27)/t21-/m1/s1. The SMILES string of the molecule is CO[C@H](C(=O)Cc1ccc2nc(Nc3cc(F)ccc3CN)oc2c1F)N1C[CH]CC1. The largest absolute Gasteiger partial charge is 0.420 e. The number of oxazole rings is 1. The van der Waals surface area contributed by atoms with Gasteiger partial charge in [-0.3, -0.25) is 9.69 Å². The lowest BCUT2D eigenvalue weighted by molar-refractivity contribution is -0.138. The van der Waals surface area contributed by atoms with E-state index in [0.717, 1.165) is 13.0 Å². The van der Waals surface area contributed by atoms with E-state index in [1.165, 1.54) is 25.3 Å². The number of hydrogen-bond acceptors (Lipinski definition) is 7. The van der Waals surface area contributed by atoms with Crippen molar-refractivity contribution in [2.75, 3.05) is 25.5 Å². The van der Waals surface area contributed by atoms with E-state index in [4.69, 9.17) is 14.9 Å². The van der Waals surface area contributed by atoms with Crippen LogP contribution < -0.4 is 11.1 Å². The molecule has 1 saturated heterocycles. The Hall–Kier alpha value is -2.88. The average molecular weight is 429 g/mol. The molecule has 1 aliphatic rings. The van der Waals surface area contributed by atoms with E-state index in [1.54, 1.807) is 12.1 Å². The fourth-order valence-corrected chi connectivity index (χ4v) is 3.73. The number of nitrogens with two attached hydrogens (primary N) is 1. The minimum absolute atomic E-state index is 0.0000449. The first-order valence-electron chi connectivity index (χ1n) is 9.94. The Morgan fingerprint density at radius 1 is 1.32 bits per heavy atom. The lowest BCUT2D eigenvalue weighted by atomic mass is 10.1. The number of ketones is 1. The van der Waals surface area contributed by atoms with Crippen LogP contribution in [0, 0.1) is 18.1 Å². The van der Waals surface area contributed by atoms with Gasteiger partial charge in [0, 0.05) is 38.9 Å². The molecule has 9 heteroatoms. The first kappa shape index (κ1) is 21.4. The van der Waals surface area contributed by atoms with Gasteiger partial charge in [-0.1, -0.05) is 12.1 Å². The molecule has 163 valence electrons. The van der Waals surface area contributed by atoms with Crippen molar-refractivity contribution in [3.8, 4) is 0 Å². The van der Waals surface area contributed by atoms with Crippen LogP contribution in [0.2, 0.25) is 0 Å². The molecule has 4 rings (SSSR count). The quantitative estimate of drug-likeness (QED) is 0.567. The van der Waals surface area contributed by atoms with Gasteiger partial charge in [0.05, 0.1) is 0 Å². The summed E-state index contributed by atoms with van der Waals surface area (Å²) in [5.41, 5.74) is 7.11. The van der Waals surface area contributed by atoms with Crippen LogP contribution in [-0.4, -0.2) is 42.1 Å². The smallest absolute Gasteiger partial charge is 0.300 e. The maximum Gasteiger partial charge on any atom is 0.300 e. The fourth-order valence-electron chi connectivity index (χ4n) is 3.73. The van der Waals surface area contributed by atoms with Crippen molar-refractivity contribution < 1.29 is 22.7 Å². The molecule has 31 heavy (non-hydrogen) atoms. The molecule has 0 spiro atoms. The third-order valence-corrected chi connectivity index (χ3v) is 5.29. The van der Waals surface area contributed by atoms with Gasteiger partial charge in [0.15, 0.2) is 23.4 Å². The van der Waals surface area contributed by atoms with Gasteiger partial charge in [0.25, 0.3) is 6.01 Å². The molecule has 3 N–H and O–H groups in total. The zero-order valence-electron chi connectivity index (χ0n) is 17.0. The van der Waals surface area contributed by atoms with E-state index in [1.807, 2.05) is 4.90 Å². The first-order chi connectivity index (χ1) is 15.0. The molecule has 1 aliphatic heterocycles. The summed E-state index contributed by atoms with van der Waals surface area (Å²) in [4.78, 5) is 18.8. The molecule has 2 heterocycles. The number of fused-ring (bicyclic) bond motifs is 1. The van der Waals surface area contributed by atoms with E-state index in [9.17, 15) is 9.18 Å². The Labute approximate surface area is 178 Å². The zero-order chi connectivity index (χ0) is 22.0. The van der Waals surface area contributed by atoms with Crippen molar-refractivity contribution in [2.45, 2.75) is 25.6 Å². The maximum atomic E-state index is 15.1. The lowest BCUT2D eigenvalue weighted by Crippen LogP contribution is -2.41. The summed E-state index contributed by atoms with van der Waals surface area (Å²) in [6, 6.07) is 7.21. The molecular weight excluding hydrogens is 406 g/mol.